The van der Waals surface area contributed by atoms with Crippen molar-refractivity contribution >= 4 is 27.9 Å². The molecule has 0 bridgehead atoms. The molecule has 2 heterocycles. The summed E-state index contributed by atoms with van der Waals surface area (Å²) in [4.78, 5) is 6.89. The number of likely N-dealkylation sites (N-methyl/N-ethyl adjacent to an activating group) is 1. The molecule has 0 saturated carbocycles. The fourth-order valence-corrected chi connectivity index (χ4v) is 4.06. The van der Waals surface area contributed by atoms with Crippen molar-refractivity contribution < 1.29 is 14.6 Å². The fourth-order valence-electron chi connectivity index (χ4n) is 2.72. The summed E-state index contributed by atoms with van der Waals surface area (Å²) in [6.45, 7) is 2.63. The van der Waals surface area contributed by atoms with Gasteiger partial charge in [0.2, 0.25) is 10.8 Å². The molecule has 0 aliphatic rings. The van der Waals surface area contributed by atoms with Crippen molar-refractivity contribution in [1.82, 2.24) is 19.5 Å². The molecule has 1 aromatic carbocycles. The van der Waals surface area contributed by atoms with Crippen LogP contribution in [0.5, 0.6) is 5.88 Å². The van der Waals surface area contributed by atoms with Crippen LogP contribution in [0, 0.1) is 5.82 Å². The lowest BCUT2D eigenvalue weighted by Crippen LogP contribution is -2.32. The van der Waals surface area contributed by atoms with E-state index in [2.05, 4.69) is 10.1 Å². The monoisotopic (exact) mass is 370 g/mol. The molecule has 3 aromatic rings. The SMILES string of the molecule is CCN(CCO)C(c1sc2ncnn2c1O)c1c(F)cccc1Cl. The molecular formula is C15H16ClFN4O2S. The molecule has 6 nitrogen and oxygen atoms in total. The summed E-state index contributed by atoms with van der Waals surface area (Å²) in [5.74, 6) is -0.574. The number of aliphatic hydroxyl groups is 1. The average Bonchev–Trinajstić information content (AvgIpc) is 3.13. The van der Waals surface area contributed by atoms with E-state index in [1.807, 2.05) is 11.8 Å². The van der Waals surface area contributed by atoms with E-state index in [-0.39, 0.29) is 23.1 Å². The quantitative estimate of drug-likeness (QED) is 0.698. The second-order valence-corrected chi connectivity index (χ2v) is 6.55. The lowest BCUT2D eigenvalue weighted by molar-refractivity contribution is 0.172. The molecule has 1 atom stereocenters. The third kappa shape index (κ3) is 2.86. The number of hydrogen-bond donors (Lipinski definition) is 2. The highest BCUT2D eigenvalue weighted by atomic mass is 35.5. The van der Waals surface area contributed by atoms with E-state index < -0.39 is 11.9 Å². The van der Waals surface area contributed by atoms with Crippen LogP contribution in [0.4, 0.5) is 4.39 Å². The second-order valence-electron chi connectivity index (χ2n) is 5.13. The molecular weight excluding hydrogens is 355 g/mol. The van der Waals surface area contributed by atoms with Crippen molar-refractivity contribution in [2.24, 2.45) is 0 Å². The number of rotatable bonds is 6. The Labute approximate surface area is 146 Å². The molecule has 0 fully saturated rings. The Morgan fingerprint density at radius 2 is 2.25 bits per heavy atom. The van der Waals surface area contributed by atoms with Crippen molar-refractivity contribution in [1.29, 1.82) is 0 Å². The Bertz CT molecular complexity index is 833. The minimum atomic E-state index is -0.649. The summed E-state index contributed by atoms with van der Waals surface area (Å²) in [6.07, 6.45) is 1.34. The maximum Gasteiger partial charge on any atom is 0.230 e. The molecule has 0 radical (unpaired) electrons. The van der Waals surface area contributed by atoms with Crippen LogP contribution >= 0.6 is 22.9 Å². The Balaban J connectivity index is 2.22. The number of benzene rings is 1. The Hall–Kier alpha value is -1.74. The van der Waals surface area contributed by atoms with Gasteiger partial charge in [-0.1, -0.05) is 35.9 Å². The van der Waals surface area contributed by atoms with Gasteiger partial charge in [-0.05, 0) is 18.7 Å². The van der Waals surface area contributed by atoms with Crippen molar-refractivity contribution in [3.63, 3.8) is 0 Å². The summed E-state index contributed by atoms with van der Waals surface area (Å²) in [6, 6.07) is 3.82. The molecule has 0 saturated heterocycles. The molecule has 9 heteroatoms. The van der Waals surface area contributed by atoms with Gasteiger partial charge in [-0.2, -0.15) is 9.61 Å². The van der Waals surface area contributed by atoms with Crippen LogP contribution in [0.3, 0.4) is 0 Å². The Morgan fingerprint density at radius 1 is 1.46 bits per heavy atom. The zero-order valence-corrected chi connectivity index (χ0v) is 14.4. The first kappa shape index (κ1) is 17.1. The van der Waals surface area contributed by atoms with Crippen LogP contribution in [0.25, 0.3) is 4.96 Å². The highest BCUT2D eigenvalue weighted by Crippen LogP contribution is 2.42. The van der Waals surface area contributed by atoms with E-state index in [1.54, 1.807) is 6.07 Å². The average molecular weight is 371 g/mol. The van der Waals surface area contributed by atoms with Crippen molar-refractivity contribution in [2.45, 2.75) is 13.0 Å². The molecule has 24 heavy (non-hydrogen) atoms. The van der Waals surface area contributed by atoms with Crippen LogP contribution in [0.15, 0.2) is 24.5 Å². The van der Waals surface area contributed by atoms with Crippen molar-refractivity contribution in [3.05, 3.63) is 45.8 Å². The first-order chi connectivity index (χ1) is 11.6. The van der Waals surface area contributed by atoms with Crippen LogP contribution in [-0.4, -0.2) is 49.4 Å². The Kier molecular flexibility index (Phi) is 5.00. The topological polar surface area (TPSA) is 73.9 Å². The van der Waals surface area contributed by atoms with Crippen molar-refractivity contribution in [2.75, 3.05) is 19.7 Å². The number of nitrogens with zero attached hydrogens (tertiary/aromatic N) is 4. The Morgan fingerprint density at radius 3 is 2.88 bits per heavy atom. The van der Waals surface area contributed by atoms with Gasteiger partial charge in [-0.25, -0.2) is 9.37 Å². The van der Waals surface area contributed by atoms with Gasteiger partial charge < -0.3 is 10.2 Å². The summed E-state index contributed by atoms with van der Waals surface area (Å²) in [5.41, 5.74) is 0.259. The molecule has 2 aromatic heterocycles. The largest absolute Gasteiger partial charge is 0.492 e. The number of aliphatic hydroxyl groups excluding tert-OH is 1. The van der Waals surface area contributed by atoms with Gasteiger partial charge in [0.15, 0.2) is 0 Å². The molecule has 3 rings (SSSR count). The van der Waals surface area contributed by atoms with E-state index in [1.165, 1.54) is 34.3 Å². The zero-order chi connectivity index (χ0) is 17.3. The lowest BCUT2D eigenvalue weighted by atomic mass is 10.0. The maximum atomic E-state index is 14.5. The van der Waals surface area contributed by atoms with Gasteiger partial charge in [0, 0.05) is 17.1 Å². The van der Waals surface area contributed by atoms with Gasteiger partial charge in [0.1, 0.15) is 12.1 Å². The van der Waals surface area contributed by atoms with Gasteiger partial charge in [0.25, 0.3) is 0 Å². The number of aromatic hydroxyl groups is 1. The van der Waals surface area contributed by atoms with Gasteiger partial charge in [-0.3, -0.25) is 4.90 Å². The lowest BCUT2D eigenvalue weighted by Gasteiger charge is -2.30. The van der Waals surface area contributed by atoms with E-state index in [0.29, 0.717) is 22.9 Å². The summed E-state index contributed by atoms with van der Waals surface area (Å²) in [5, 5.41) is 24.1. The van der Waals surface area contributed by atoms with Crippen LogP contribution in [0.1, 0.15) is 23.4 Å². The first-order valence-corrected chi connectivity index (χ1v) is 8.58. The van der Waals surface area contributed by atoms with Crippen LogP contribution in [0.2, 0.25) is 5.02 Å². The maximum absolute atomic E-state index is 14.5. The van der Waals surface area contributed by atoms with E-state index in [0.717, 1.165) is 0 Å². The smallest absolute Gasteiger partial charge is 0.230 e. The number of hydrogen-bond acceptors (Lipinski definition) is 6. The minimum Gasteiger partial charge on any atom is -0.492 e. The molecule has 0 aliphatic carbocycles. The summed E-state index contributed by atoms with van der Waals surface area (Å²) < 4.78 is 15.8. The predicted molar refractivity (Wildman–Crippen MR) is 90.1 cm³/mol. The number of halogens is 2. The normalized spacial score (nSPS) is 13.0. The highest BCUT2D eigenvalue weighted by molar-refractivity contribution is 7.17. The number of aromatic nitrogens is 3. The molecule has 0 amide bonds. The van der Waals surface area contributed by atoms with E-state index >= 15 is 0 Å². The minimum absolute atomic E-state index is 0.0993. The van der Waals surface area contributed by atoms with Gasteiger partial charge in [0.05, 0.1) is 17.5 Å². The fraction of sp³-hybridized carbons (Fsp3) is 0.333. The standard InChI is InChI=1S/C15H16ClFN4O2S/c1-2-20(6-7-22)12(11-9(16)4-3-5-10(11)17)13-14(23)21-15(24-13)18-8-19-21/h3-5,8,12,22-23H,2,6-7H2,1H3. The highest BCUT2D eigenvalue weighted by Gasteiger charge is 2.31. The van der Waals surface area contributed by atoms with Crippen LogP contribution in [-0.2, 0) is 0 Å². The van der Waals surface area contributed by atoms with E-state index in [4.69, 9.17) is 11.6 Å². The summed E-state index contributed by atoms with van der Waals surface area (Å²) in [7, 11) is 0. The second kappa shape index (κ2) is 7.02. The zero-order valence-electron chi connectivity index (χ0n) is 12.9. The summed E-state index contributed by atoms with van der Waals surface area (Å²) >= 11 is 7.47. The number of thiazole rings is 1. The third-order valence-corrected chi connectivity index (χ3v) is 5.24. The van der Waals surface area contributed by atoms with Gasteiger partial charge in [-0.15, -0.1) is 0 Å². The third-order valence-electron chi connectivity index (χ3n) is 3.82. The first-order valence-electron chi connectivity index (χ1n) is 7.38. The van der Waals surface area contributed by atoms with Crippen LogP contribution < -0.4 is 0 Å². The predicted octanol–water partition coefficient (Wildman–Crippen LogP) is 2.69. The van der Waals surface area contributed by atoms with Crippen molar-refractivity contribution in [3.8, 4) is 5.88 Å². The van der Waals surface area contributed by atoms with E-state index in [9.17, 15) is 14.6 Å². The molecule has 0 aliphatic heterocycles. The molecule has 128 valence electrons. The van der Waals surface area contributed by atoms with Gasteiger partial charge >= 0.3 is 0 Å². The molecule has 2 N–H and O–H groups in total. The number of fused-ring (bicyclic) bond motifs is 1. The molecule has 1 unspecified atom stereocenters. The molecule has 0 spiro atoms.